The molecule has 0 aromatic carbocycles. The van der Waals surface area contributed by atoms with E-state index >= 15 is 0 Å². The molecule has 1 fully saturated rings. The van der Waals surface area contributed by atoms with Crippen LogP contribution >= 0.6 is 0 Å². The molecule has 7 nitrogen and oxygen atoms in total. The first-order chi connectivity index (χ1) is 10.1. The summed E-state index contributed by atoms with van der Waals surface area (Å²) in [4.78, 5) is 24.5. The van der Waals surface area contributed by atoms with Crippen molar-refractivity contribution in [2.45, 2.75) is 38.6 Å². The Kier molecular flexibility index (Phi) is 5.08. The number of carboxylic acids is 1. The summed E-state index contributed by atoms with van der Waals surface area (Å²) in [5.74, 6) is -0.656. The van der Waals surface area contributed by atoms with Crippen molar-refractivity contribution in [3.63, 3.8) is 0 Å². The lowest BCUT2D eigenvalue weighted by Crippen LogP contribution is -2.38. The van der Waals surface area contributed by atoms with Gasteiger partial charge in [0.15, 0.2) is 11.5 Å². The van der Waals surface area contributed by atoms with E-state index < -0.39 is 5.97 Å². The summed E-state index contributed by atoms with van der Waals surface area (Å²) in [6.45, 7) is 2.25. The Labute approximate surface area is 123 Å². The maximum Gasteiger partial charge on any atom is 0.323 e. The Morgan fingerprint density at radius 3 is 2.57 bits per heavy atom. The van der Waals surface area contributed by atoms with Gasteiger partial charge in [-0.1, -0.05) is 12.8 Å². The zero-order valence-corrected chi connectivity index (χ0v) is 12.1. The molecule has 1 heterocycles. The van der Waals surface area contributed by atoms with Gasteiger partial charge in [-0.3, -0.25) is 9.59 Å². The van der Waals surface area contributed by atoms with Gasteiger partial charge in [-0.25, -0.2) is 0 Å². The molecule has 21 heavy (non-hydrogen) atoms. The molecule has 1 aromatic rings. The third-order valence-electron chi connectivity index (χ3n) is 3.59. The van der Waals surface area contributed by atoms with Gasteiger partial charge < -0.3 is 15.3 Å². The molecule has 0 aliphatic heterocycles. The van der Waals surface area contributed by atoms with Crippen LogP contribution in [0.15, 0.2) is 12.1 Å². The fraction of sp³-hybridized carbons (Fsp3) is 0.571. The van der Waals surface area contributed by atoms with Crippen LogP contribution in [0.5, 0.6) is 0 Å². The molecule has 1 aromatic heterocycles. The van der Waals surface area contributed by atoms with Crippen LogP contribution in [0.3, 0.4) is 0 Å². The highest BCUT2D eigenvalue weighted by molar-refractivity contribution is 5.92. The van der Waals surface area contributed by atoms with Crippen LogP contribution in [0, 0.1) is 0 Å². The monoisotopic (exact) mass is 292 g/mol. The quantitative estimate of drug-likeness (QED) is 0.814. The number of carbonyl (C=O) groups excluding carboxylic acids is 1. The molecule has 114 valence electrons. The van der Waals surface area contributed by atoms with E-state index in [9.17, 15) is 9.59 Å². The molecular weight excluding hydrogens is 272 g/mol. The van der Waals surface area contributed by atoms with Crippen molar-refractivity contribution < 1.29 is 14.7 Å². The lowest BCUT2D eigenvalue weighted by Gasteiger charge is -2.27. The third kappa shape index (κ3) is 3.90. The highest BCUT2D eigenvalue weighted by atomic mass is 16.4. The van der Waals surface area contributed by atoms with E-state index in [1.165, 1.54) is 0 Å². The van der Waals surface area contributed by atoms with Gasteiger partial charge in [-0.2, -0.15) is 0 Å². The van der Waals surface area contributed by atoms with E-state index in [4.69, 9.17) is 5.11 Å². The van der Waals surface area contributed by atoms with Gasteiger partial charge in [0, 0.05) is 12.6 Å². The van der Waals surface area contributed by atoms with Gasteiger partial charge in [0.05, 0.1) is 0 Å². The molecule has 1 amide bonds. The number of nitrogens with zero attached hydrogens (tertiary/aromatic N) is 3. The first-order valence-electron chi connectivity index (χ1n) is 7.22. The summed E-state index contributed by atoms with van der Waals surface area (Å²) >= 11 is 0. The van der Waals surface area contributed by atoms with Crippen molar-refractivity contribution >= 4 is 17.7 Å². The maximum atomic E-state index is 11.6. The van der Waals surface area contributed by atoms with E-state index in [-0.39, 0.29) is 24.2 Å². The molecule has 0 bridgehead atoms. The third-order valence-corrected chi connectivity index (χ3v) is 3.59. The average molecular weight is 292 g/mol. The van der Waals surface area contributed by atoms with Gasteiger partial charge in [-0.05, 0) is 31.9 Å². The average Bonchev–Trinajstić information content (AvgIpc) is 2.99. The van der Waals surface area contributed by atoms with E-state index in [0.717, 1.165) is 25.7 Å². The smallest absolute Gasteiger partial charge is 0.323 e. The second kappa shape index (κ2) is 7.01. The van der Waals surface area contributed by atoms with E-state index in [0.29, 0.717) is 12.4 Å². The van der Waals surface area contributed by atoms with Crippen LogP contribution in [-0.2, 0) is 4.79 Å². The molecule has 0 radical (unpaired) electrons. The molecule has 2 rings (SSSR count). The van der Waals surface area contributed by atoms with Gasteiger partial charge in [-0.15, -0.1) is 10.2 Å². The molecule has 0 atom stereocenters. The molecular formula is C14H20N4O3. The molecule has 1 aliphatic carbocycles. The number of nitrogens with one attached hydrogen (secondary N) is 1. The molecule has 1 saturated carbocycles. The lowest BCUT2D eigenvalue weighted by molar-refractivity contribution is -0.135. The summed E-state index contributed by atoms with van der Waals surface area (Å²) < 4.78 is 0. The summed E-state index contributed by atoms with van der Waals surface area (Å²) in [6, 6.07) is 3.43. The Morgan fingerprint density at radius 2 is 2.05 bits per heavy atom. The summed E-state index contributed by atoms with van der Waals surface area (Å²) in [5, 5.41) is 19.6. The Balaban J connectivity index is 2.15. The van der Waals surface area contributed by atoms with Crippen LogP contribution in [0.4, 0.5) is 5.82 Å². The zero-order chi connectivity index (χ0) is 15.2. The standard InChI is InChI=1S/C14H20N4O3/c1-2-15-14(21)11-7-8-12(17-16-11)18(9-13(19)20)10-5-3-4-6-10/h7-8,10H,2-6,9H2,1H3,(H,15,21)(H,19,20). The number of anilines is 1. The normalized spacial score (nSPS) is 14.9. The minimum atomic E-state index is -0.892. The summed E-state index contributed by atoms with van der Waals surface area (Å²) in [5.41, 5.74) is 0.238. The maximum absolute atomic E-state index is 11.6. The number of amides is 1. The van der Waals surface area contributed by atoms with Crippen LogP contribution in [0.25, 0.3) is 0 Å². The molecule has 7 heteroatoms. The van der Waals surface area contributed by atoms with E-state index in [1.807, 2.05) is 6.92 Å². The number of carbonyl (C=O) groups is 2. The fourth-order valence-corrected chi connectivity index (χ4v) is 2.61. The largest absolute Gasteiger partial charge is 0.480 e. The van der Waals surface area contributed by atoms with Crippen LogP contribution in [-0.4, -0.2) is 46.3 Å². The number of carboxylic acid groups (broad SMARTS) is 1. The molecule has 0 saturated heterocycles. The van der Waals surface area contributed by atoms with Crippen LogP contribution in [0.2, 0.25) is 0 Å². The first-order valence-corrected chi connectivity index (χ1v) is 7.22. The highest BCUT2D eigenvalue weighted by Gasteiger charge is 2.26. The number of aliphatic carboxylic acids is 1. The van der Waals surface area contributed by atoms with Crippen LogP contribution < -0.4 is 10.2 Å². The van der Waals surface area contributed by atoms with Crippen molar-refractivity contribution in [3.8, 4) is 0 Å². The minimum absolute atomic E-state index is 0.0974. The number of rotatable bonds is 6. The molecule has 2 N–H and O–H groups in total. The SMILES string of the molecule is CCNC(=O)c1ccc(N(CC(=O)O)C2CCCC2)nn1. The fourth-order valence-electron chi connectivity index (χ4n) is 2.61. The number of hydrogen-bond acceptors (Lipinski definition) is 5. The van der Waals surface area contributed by atoms with Crippen molar-refractivity contribution in [3.05, 3.63) is 17.8 Å². The topological polar surface area (TPSA) is 95.4 Å². The molecule has 1 aliphatic rings. The Hall–Kier alpha value is -2.18. The van der Waals surface area contributed by atoms with E-state index in [2.05, 4.69) is 15.5 Å². The van der Waals surface area contributed by atoms with Gasteiger partial charge in [0.25, 0.3) is 5.91 Å². The second-order valence-electron chi connectivity index (χ2n) is 5.10. The van der Waals surface area contributed by atoms with Crippen molar-refractivity contribution in [1.82, 2.24) is 15.5 Å². The predicted octanol–water partition coefficient (Wildman–Crippen LogP) is 1.06. The summed E-state index contributed by atoms with van der Waals surface area (Å²) in [7, 11) is 0. The Bertz CT molecular complexity index is 497. The van der Waals surface area contributed by atoms with Crippen molar-refractivity contribution in [2.24, 2.45) is 0 Å². The van der Waals surface area contributed by atoms with Gasteiger partial charge >= 0.3 is 5.97 Å². The first kappa shape index (κ1) is 15.2. The van der Waals surface area contributed by atoms with Crippen molar-refractivity contribution in [2.75, 3.05) is 18.0 Å². The molecule has 0 unspecified atom stereocenters. The second-order valence-corrected chi connectivity index (χ2v) is 5.10. The summed E-state index contributed by atoms with van der Waals surface area (Å²) in [6.07, 6.45) is 4.14. The van der Waals surface area contributed by atoms with Crippen LogP contribution in [0.1, 0.15) is 43.1 Å². The van der Waals surface area contributed by atoms with Gasteiger partial charge in [0.1, 0.15) is 6.54 Å². The molecule has 0 spiro atoms. The van der Waals surface area contributed by atoms with Crippen molar-refractivity contribution in [1.29, 1.82) is 0 Å². The van der Waals surface area contributed by atoms with E-state index in [1.54, 1.807) is 17.0 Å². The number of aromatic nitrogens is 2. The van der Waals surface area contributed by atoms with Gasteiger partial charge in [0.2, 0.25) is 0 Å². The number of hydrogen-bond donors (Lipinski definition) is 2. The lowest BCUT2D eigenvalue weighted by atomic mass is 10.2. The zero-order valence-electron chi connectivity index (χ0n) is 12.1. The Morgan fingerprint density at radius 1 is 1.33 bits per heavy atom. The predicted molar refractivity (Wildman–Crippen MR) is 77.3 cm³/mol. The highest BCUT2D eigenvalue weighted by Crippen LogP contribution is 2.26. The minimum Gasteiger partial charge on any atom is -0.480 e.